The highest BCUT2D eigenvalue weighted by Gasteiger charge is 2.45. The fraction of sp³-hybridized carbons (Fsp3) is 0.636. The van der Waals surface area contributed by atoms with Crippen LogP contribution in [-0.4, -0.2) is 41.0 Å². The first-order chi connectivity index (χ1) is 9.18. The zero-order valence-electron chi connectivity index (χ0n) is 10.8. The topological polar surface area (TPSA) is 47.4 Å². The second kappa shape index (κ2) is 5.25. The van der Waals surface area contributed by atoms with Gasteiger partial charge in [-0.15, -0.1) is 0 Å². The summed E-state index contributed by atoms with van der Waals surface area (Å²) in [7, 11) is 1.43. The summed E-state index contributed by atoms with van der Waals surface area (Å²) in [4.78, 5) is 16.9. The maximum absolute atomic E-state index is 12.8. The molecule has 0 spiro atoms. The first-order valence-electron chi connectivity index (χ1n) is 5.89. The molecule has 1 aromatic rings. The summed E-state index contributed by atoms with van der Waals surface area (Å²) in [5.74, 6) is 0.104. The van der Waals surface area contributed by atoms with Gasteiger partial charge < -0.3 is 9.64 Å². The second-order valence-electron chi connectivity index (χ2n) is 4.66. The third-order valence-electron chi connectivity index (χ3n) is 2.99. The van der Waals surface area contributed by atoms with Crippen molar-refractivity contribution in [2.75, 3.05) is 18.0 Å². The van der Waals surface area contributed by atoms with Gasteiger partial charge in [0, 0.05) is 19.7 Å². The van der Waals surface area contributed by atoms with Crippen LogP contribution in [0.4, 0.5) is 19.1 Å². The molecule has 2 heterocycles. The van der Waals surface area contributed by atoms with E-state index < -0.39 is 30.5 Å². The number of aromatic nitrogens is 2. The summed E-state index contributed by atoms with van der Waals surface area (Å²) in [6.45, 7) is 1.31. The van der Waals surface area contributed by atoms with Crippen molar-refractivity contribution in [1.29, 1.82) is 0 Å². The summed E-state index contributed by atoms with van der Waals surface area (Å²) >= 11 is 5.70. The third kappa shape index (κ3) is 3.06. The van der Waals surface area contributed by atoms with Crippen molar-refractivity contribution in [3.63, 3.8) is 0 Å². The Kier molecular flexibility index (Phi) is 3.97. The summed E-state index contributed by atoms with van der Waals surface area (Å²) in [6, 6.07) is 1.11. The van der Waals surface area contributed by atoms with Gasteiger partial charge >= 0.3 is 6.18 Å². The number of alkyl halides is 3. The van der Waals surface area contributed by atoms with Gasteiger partial charge in [0.2, 0.25) is 5.95 Å². The molecule has 1 saturated heterocycles. The molecule has 0 saturated carbocycles. The molecule has 0 amide bonds. The van der Waals surface area contributed by atoms with Gasteiger partial charge in [-0.2, -0.15) is 13.2 Å². The van der Waals surface area contributed by atoms with Crippen LogP contribution in [0.15, 0.2) is 10.9 Å². The molecule has 0 unspecified atom stereocenters. The molecule has 0 aromatic carbocycles. The summed E-state index contributed by atoms with van der Waals surface area (Å²) in [5, 5.41) is -0.0502. The van der Waals surface area contributed by atoms with E-state index in [2.05, 4.69) is 4.98 Å². The predicted octanol–water partition coefficient (Wildman–Crippen LogP) is 1.59. The number of nitrogens with zero attached hydrogens (tertiary/aromatic N) is 3. The van der Waals surface area contributed by atoms with Crippen molar-refractivity contribution in [3.05, 3.63) is 21.6 Å². The molecule has 0 N–H and O–H groups in total. The minimum Gasteiger partial charge on any atom is -0.362 e. The average molecular weight is 312 g/mol. The van der Waals surface area contributed by atoms with Crippen LogP contribution >= 0.6 is 11.6 Å². The Morgan fingerprint density at radius 2 is 2.10 bits per heavy atom. The standard InChI is InChI=1S/C11H13ClF3N3O2/c1-6-4-18(5-7(20-6)11(13,14)15)10-16-8(12)3-9(19)17(10)2/h3,6-7H,4-5H2,1-2H3/t6-,7+/m1/s1. The zero-order valence-corrected chi connectivity index (χ0v) is 11.6. The van der Waals surface area contributed by atoms with Crippen molar-refractivity contribution in [2.45, 2.75) is 25.3 Å². The van der Waals surface area contributed by atoms with E-state index in [1.807, 2.05) is 0 Å². The van der Waals surface area contributed by atoms with Gasteiger partial charge in [-0.3, -0.25) is 9.36 Å². The van der Waals surface area contributed by atoms with E-state index in [4.69, 9.17) is 16.3 Å². The SMILES string of the molecule is C[C@@H]1CN(c2nc(Cl)cc(=O)n2C)C[C@@H](C(F)(F)F)O1. The van der Waals surface area contributed by atoms with Gasteiger partial charge in [0.05, 0.1) is 12.6 Å². The lowest BCUT2D eigenvalue weighted by Gasteiger charge is -2.38. The zero-order chi connectivity index (χ0) is 15.1. The van der Waals surface area contributed by atoms with Gasteiger partial charge in [0.15, 0.2) is 6.10 Å². The fourth-order valence-electron chi connectivity index (χ4n) is 2.08. The van der Waals surface area contributed by atoms with Gasteiger partial charge in [-0.05, 0) is 6.92 Å². The van der Waals surface area contributed by atoms with Gasteiger partial charge in [-0.25, -0.2) is 4.98 Å². The fourth-order valence-corrected chi connectivity index (χ4v) is 2.25. The monoisotopic (exact) mass is 311 g/mol. The van der Waals surface area contributed by atoms with Crippen LogP contribution in [0.25, 0.3) is 0 Å². The predicted molar refractivity (Wildman–Crippen MR) is 67.1 cm³/mol. The van der Waals surface area contributed by atoms with E-state index in [9.17, 15) is 18.0 Å². The quantitative estimate of drug-likeness (QED) is 0.739. The summed E-state index contributed by atoms with van der Waals surface area (Å²) in [6.07, 6.45) is -7.02. The number of ether oxygens (including phenoxy) is 1. The number of halogens is 4. The molecule has 112 valence electrons. The smallest absolute Gasteiger partial charge is 0.362 e. The first-order valence-corrected chi connectivity index (χ1v) is 6.27. The third-order valence-corrected chi connectivity index (χ3v) is 3.18. The molecule has 0 aliphatic carbocycles. The summed E-state index contributed by atoms with van der Waals surface area (Å²) in [5.41, 5.74) is -0.428. The molecule has 1 fully saturated rings. The van der Waals surface area contributed by atoms with Crippen molar-refractivity contribution < 1.29 is 17.9 Å². The largest absolute Gasteiger partial charge is 0.416 e. The Bertz CT molecular complexity index is 561. The number of hydrogen-bond acceptors (Lipinski definition) is 4. The molecule has 5 nitrogen and oxygen atoms in total. The number of morpholine rings is 1. The minimum absolute atomic E-state index is 0.0502. The van der Waals surface area contributed by atoms with Gasteiger partial charge in [0.25, 0.3) is 5.56 Å². The van der Waals surface area contributed by atoms with E-state index >= 15 is 0 Å². The highest BCUT2D eigenvalue weighted by Crippen LogP contribution is 2.29. The Morgan fingerprint density at radius 3 is 2.70 bits per heavy atom. The van der Waals surface area contributed by atoms with E-state index in [0.29, 0.717) is 0 Å². The van der Waals surface area contributed by atoms with Crippen molar-refractivity contribution in [3.8, 4) is 0 Å². The average Bonchev–Trinajstić information content (AvgIpc) is 2.32. The number of rotatable bonds is 1. The maximum Gasteiger partial charge on any atom is 0.416 e. The Hall–Kier alpha value is -1.28. The molecular weight excluding hydrogens is 299 g/mol. The first kappa shape index (κ1) is 15.1. The van der Waals surface area contributed by atoms with Crippen molar-refractivity contribution in [1.82, 2.24) is 9.55 Å². The van der Waals surface area contributed by atoms with E-state index in [1.54, 1.807) is 0 Å². The van der Waals surface area contributed by atoms with Gasteiger partial charge in [0.1, 0.15) is 5.15 Å². The number of anilines is 1. The molecule has 1 aliphatic rings. The second-order valence-corrected chi connectivity index (χ2v) is 5.05. The molecule has 0 radical (unpaired) electrons. The minimum atomic E-state index is -4.47. The Labute approximate surface area is 117 Å². The lowest BCUT2D eigenvalue weighted by Crippen LogP contribution is -2.53. The highest BCUT2D eigenvalue weighted by molar-refractivity contribution is 6.29. The Balaban J connectivity index is 2.35. The molecule has 2 rings (SSSR count). The van der Waals surface area contributed by atoms with Crippen LogP contribution in [0.3, 0.4) is 0 Å². The molecule has 20 heavy (non-hydrogen) atoms. The van der Waals surface area contributed by atoms with Crippen LogP contribution in [-0.2, 0) is 11.8 Å². The highest BCUT2D eigenvalue weighted by atomic mass is 35.5. The lowest BCUT2D eigenvalue weighted by atomic mass is 10.2. The van der Waals surface area contributed by atoms with E-state index in [1.165, 1.54) is 18.9 Å². The molecule has 1 aromatic heterocycles. The van der Waals surface area contributed by atoms with Crippen LogP contribution in [0, 0.1) is 0 Å². The van der Waals surface area contributed by atoms with Crippen molar-refractivity contribution in [2.24, 2.45) is 7.05 Å². The van der Waals surface area contributed by atoms with Gasteiger partial charge in [-0.1, -0.05) is 11.6 Å². The molecule has 2 atom stereocenters. The molecule has 9 heteroatoms. The van der Waals surface area contributed by atoms with Crippen LogP contribution in [0.5, 0.6) is 0 Å². The number of hydrogen-bond donors (Lipinski definition) is 0. The summed E-state index contributed by atoms with van der Waals surface area (Å²) < 4.78 is 44.4. The van der Waals surface area contributed by atoms with Crippen LogP contribution in [0.2, 0.25) is 5.15 Å². The maximum atomic E-state index is 12.8. The Morgan fingerprint density at radius 1 is 1.45 bits per heavy atom. The van der Waals surface area contributed by atoms with E-state index in [0.717, 1.165) is 10.6 Å². The molecule has 1 aliphatic heterocycles. The van der Waals surface area contributed by atoms with Crippen LogP contribution < -0.4 is 10.5 Å². The molecular formula is C11H13ClF3N3O2. The van der Waals surface area contributed by atoms with Crippen molar-refractivity contribution >= 4 is 17.5 Å². The molecule has 0 bridgehead atoms. The van der Waals surface area contributed by atoms with Crippen LogP contribution in [0.1, 0.15) is 6.92 Å². The van der Waals surface area contributed by atoms with E-state index in [-0.39, 0.29) is 17.6 Å². The normalized spacial score (nSPS) is 24.0. The lowest BCUT2D eigenvalue weighted by molar-refractivity contribution is -0.233.